The first-order valence-corrected chi connectivity index (χ1v) is 7.79. The Bertz CT molecular complexity index is 342. The molecule has 0 radical (unpaired) electrons. The molecule has 0 aromatic carbocycles. The van der Waals surface area contributed by atoms with Crippen molar-refractivity contribution in [3.8, 4) is 0 Å². The van der Waals surface area contributed by atoms with Crippen LogP contribution in [-0.2, 0) is 9.59 Å². The Hall–Kier alpha value is -1.14. The normalized spacial score (nSPS) is 17.4. The molecule has 1 aliphatic rings. The minimum Gasteiger partial charge on any atom is -0.481 e. The van der Waals surface area contributed by atoms with Crippen molar-refractivity contribution in [3.05, 3.63) is 0 Å². The number of piperazine rings is 1. The summed E-state index contributed by atoms with van der Waals surface area (Å²) < 4.78 is 0. The van der Waals surface area contributed by atoms with Crippen LogP contribution in [0.15, 0.2) is 0 Å². The summed E-state index contributed by atoms with van der Waals surface area (Å²) in [6.07, 6.45) is 0.188. The van der Waals surface area contributed by atoms with Gasteiger partial charge >= 0.3 is 5.97 Å². The fourth-order valence-electron chi connectivity index (χ4n) is 2.87. The summed E-state index contributed by atoms with van der Waals surface area (Å²) >= 11 is 0. The van der Waals surface area contributed by atoms with E-state index in [9.17, 15) is 9.59 Å². The Morgan fingerprint density at radius 3 is 1.90 bits per heavy atom. The number of rotatable bonds is 7. The topological polar surface area (TPSA) is 64.1 Å². The molecule has 1 saturated heterocycles. The largest absolute Gasteiger partial charge is 0.481 e. The molecule has 6 nitrogen and oxygen atoms in total. The maximum absolute atomic E-state index is 12.4. The number of carboxylic acids is 1. The third-order valence-corrected chi connectivity index (χ3v) is 3.87. The molecule has 122 valence electrons. The maximum Gasteiger partial charge on any atom is 0.304 e. The van der Waals surface area contributed by atoms with Gasteiger partial charge in [0.05, 0.1) is 13.0 Å². The van der Waals surface area contributed by atoms with Crippen molar-refractivity contribution in [1.82, 2.24) is 14.7 Å². The first-order valence-electron chi connectivity index (χ1n) is 7.79. The Morgan fingerprint density at radius 2 is 1.48 bits per heavy atom. The van der Waals surface area contributed by atoms with E-state index in [1.807, 2.05) is 32.6 Å². The lowest BCUT2D eigenvalue weighted by molar-refractivity contribution is -0.137. The maximum atomic E-state index is 12.4. The number of nitrogens with zero attached hydrogens (tertiary/aromatic N) is 3. The molecule has 1 heterocycles. The molecule has 0 unspecified atom stereocenters. The molecule has 1 amide bonds. The summed E-state index contributed by atoms with van der Waals surface area (Å²) in [7, 11) is 0. The Kier molecular flexibility index (Phi) is 7.11. The molecule has 0 aromatic heterocycles. The van der Waals surface area contributed by atoms with Crippen LogP contribution in [0.4, 0.5) is 0 Å². The predicted molar refractivity (Wildman–Crippen MR) is 82.3 cm³/mol. The molecule has 0 saturated carbocycles. The zero-order chi connectivity index (χ0) is 16.0. The van der Waals surface area contributed by atoms with Crippen LogP contribution in [-0.4, -0.2) is 83.0 Å². The third kappa shape index (κ3) is 6.01. The monoisotopic (exact) mass is 299 g/mol. The second-order valence-corrected chi connectivity index (χ2v) is 6.25. The fraction of sp³-hybridized carbons (Fsp3) is 0.867. The summed E-state index contributed by atoms with van der Waals surface area (Å²) in [6.45, 7) is 12.6. The number of carboxylic acid groups (broad SMARTS) is 1. The van der Waals surface area contributed by atoms with E-state index >= 15 is 0 Å². The average molecular weight is 299 g/mol. The van der Waals surface area contributed by atoms with Gasteiger partial charge < -0.3 is 14.9 Å². The van der Waals surface area contributed by atoms with E-state index in [4.69, 9.17) is 5.11 Å². The molecule has 6 heteroatoms. The van der Waals surface area contributed by atoms with Gasteiger partial charge in [0, 0.05) is 44.8 Å². The van der Waals surface area contributed by atoms with Gasteiger partial charge in [-0.2, -0.15) is 0 Å². The summed E-state index contributed by atoms with van der Waals surface area (Å²) in [4.78, 5) is 29.2. The van der Waals surface area contributed by atoms with E-state index in [1.165, 1.54) is 0 Å². The van der Waals surface area contributed by atoms with Crippen LogP contribution < -0.4 is 0 Å². The van der Waals surface area contributed by atoms with Crippen molar-refractivity contribution in [2.45, 2.75) is 46.2 Å². The van der Waals surface area contributed by atoms with Crippen LogP contribution in [0.3, 0.4) is 0 Å². The average Bonchev–Trinajstić information content (AvgIpc) is 2.36. The minimum atomic E-state index is -0.753. The van der Waals surface area contributed by atoms with Crippen LogP contribution in [0.1, 0.15) is 34.1 Å². The standard InChI is InChI=1S/C15H29N3O3/c1-12(2)18(13(3)4)14(19)11-17-9-7-16(8-10-17)6-5-15(20)21/h12-13H,5-11H2,1-4H3,(H,20,21). The number of hydrogen-bond acceptors (Lipinski definition) is 4. The summed E-state index contributed by atoms with van der Waals surface area (Å²) in [5.74, 6) is -0.573. The van der Waals surface area contributed by atoms with Gasteiger partial charge in [-0.15, -0.1) is 0 Å². The van der Waals surface area contributed by atoms with E-state index in [2.05, 4.69) is 9.80 Å². The van der Waals surface area contributed by atoms with Gasteiger partial charge in [0.15, 0.2) is 0 Å². The van der Waals surface area contributed by atoms with Crippen molar-refractivity contribution in [2.24, 2.45) is 0 Å². The van der Waals surface area contributed by atoms with Crippen LogP contribution in [0, 0.1) is 0 Å². The van der Waals surface area contributed by atoms with Gasteiger partial charge in [0.2, 0.25) is 5.91 Å². The lowest BCUT2D eigenvalue weighted by atomic mass is 10.2. The SMILES string of the molecule is CC(C)N(C(=O)CN1CCN(CCC(=O)O)CC1)C(C)C. The molecule has 1 rings (SSSR count). The quantitative estimate of drug-likeness (QED) is 0.750. The van der Waals surface area contributed by atoms with Crippen molar-refractivity contribution >= 4 is 11.9 Å². The highest BCUT2D eigenvalue weighted by Crippen LogP contribution is 2.08. The summed E-state index contributed by atoms with van der Waals surface area (Å²) in [5.41, 5.74) is 0. The smallest absolute Gasteiger partial charge is 0.304 e. The molecule has 1 aliphatic heterocycles. The first kappa shape index (κ1) is 17.9. The molecule has 21 heavy (non-hydrogen) atoms. The third-order valence-electron chi connectivity index (χ3n) is 3.87. The number of aliphatic carboxylic acids is 1. The van der Waals surface area contributed by atoms with E-state index in [1.54, 1.807) is 0 Å². The Morgan fingerprint density at radius 1 is 1.00 bits per heavy atom. The van der Waals surface area contributed by atoms with Crippen LogP contribution in [0.5, 0.6) is 0 Å². The fourth-order valence-corrected chi connectivity index (χ4v) is 2.87. The van der Waals surface area contributed by atoms with Gasteiger partial charge in [0.1, 0.15) is 0 Å². The number of carbonyl (C=O) groups excluding carboxylic acids is 1. The van der Waals surface area contributed by atoms with Crippen molar-refractivity contribution in [3.63, 3.8) is 0 Å². The van der Waals surface area contributed by atoms with E-state index in [-0.39, 0.29) is 24.4 Å². The summed E-state index contributed by atoms with van der Waals surface area (Å²) in [6, 6.07) is 0.434. The first-order chi connectivity index (χ1) is 9.81. The lowest BCUT2D eigenvalue weighted by Crippen LogP contribution is -2.52. The lowest BCUT2D eigenvalue weighted by Gasteiger charge is -2.37. The second-order valence-electron chi connectivity index (χ2n) is 6.25. The zero-order valence-corrected chi connectivity index (χ0v) is 13.7. The Balaban J connectivity index is 2.38. The van der Waals surface area contributed by atoms with E-state index in [0.29, 0.717) is 13.1 Å². The molecular weight excluding hydrogens is 270 g/mol. The van der Waals surface area contributed by atoms with Crippen LogP contribution >= 0.6 is 0 Å². The van der Waals surface area contributed by atoms with Gasteiger partial charge in [-0.05, 0) is 27.7 Å². The Labute approximate surface area is 127 Å². The molecule has 1 N–H and O–H groups in total. The second kappa shape index (κ2) is 8.34. The van der Waals surface area contributed by atoms with E-state index < -0.39 is 5.97 Å². The number of carbonyl (C=O) groups is 2. The molecule has 1 fully saturated rings. The highest BCUT2D eigenvalue weighted by atomic mass is 16.4. The van der Waals surface area contributed by atoms with Gasteiger partial charge in [0.25, 0.3) is 0 Å². The number of amides is 1. The summed E-state index contributed by atoms with van der Waals surface area (Å²) in [5, 5.41) is 8.69. The minimum absolute atomic E-state index is 0.180. The highest BCUT2D eigenvalue weighted by Gasteiger charge is 2.24. The molecular formula is C15H29N3O3. The van der Waals surface area contributed by atoms with Gasteiger partial charge in [-0.25, -0.2) is 0 Å². The van der Waals surface area contributed by atoms with Crippen LogP contribution in [0.2, 0.25) is 0 Å². The predicted octanol–water partition coefficient (Wildman–Crippen LogP) is 0.724. The molecule has 0 atom stereocenters. The molecule has 0 bridgehead atoms. The van der Waals surface area contributed by atoms with Crippen molar-refractivity contribution < 1.29 is 14.7 Å². The highest BCUT2D eigenvalue weighted by molar-refractivity contribution is 5.78. The molecule has 0 spiro atoms. The van der Waals surface area contributed by atoms with Crippen molar-refractivity contribution in [1.29, 1.82) is 0 Å². The van der Waals surface area contributed by atoms with E-state index in [0.717, 1.165) is 26.2 Å². The van der Waals surface area contributed by atoms with Crippen LogP contribution in [0.25, 0.3) is 0 Å². The number of hydrogen-bond donors (Lipinski definition) is 1. The van der Waals surface area contributed by atoms with Gasteiger partial charge in [-0.3, -0.25) is 14.5 Å². The van der Waals surface area contributed by atoms with Gasteiger partial charge in [-0.1, -0.05) is 0 Å². The molecule has 0 aromatic rings. The molecule has 0 aliphatic carbocycles. The zero-order valence-electron chi connectivity index (χ0n) is 13.7. The van der Waals surface area contributed by atoms with Crippen molar-refractivity contribution in [2.75, 3.05) is 39.3 Å².